The number of hydrogen-bond donors (Lipinski definition) is 1. The first-order chi connectivity index (χ1) is 14.4. The van der Waals surface area contributed by atoms with E-state index in [-0.39, 0.29) is 16.1 Å². The second kappa shape index (κ2) is 7.72. The van der Waals surface area contributed by atoms with Crippen LogP contribution in [0.4, 0.5) is 10.1 Å². The molecule has 0 saturated heterocycles. The summed E-state index contributed by atoms with van der Waals surface area (Å²) in [5, 5.41) is 3.23. The van der Waals surface area contributed by atoms with Gasteiger partial charge in [-0.1, -0.05) is 29.8 Å². The summed E-state index contributed by atoms with van der Waals surface area (Å²) in [4.78, 5) is 30.0. The van der Waals surface area contributed by atoms with Gasteiger partial charge in [0.2, 0.25) is 0 Å². The van der Waals surface area contributed by atoms with Gasteiger partial charge in [0.25, 0.3) is 11.5 Å². The molecule has 1 aromatic heterocycles. The highest BCUT2D eigenvalue weighted by molar-refractivity contribution is 6.34. The molecule has 0 unspecified atom stereocenters. The second-order valence-corrected chi connectivity index (χ2v) is 7.27. The zero-order valence-electron chi connectivity index (χ0n) is 16.2. The maximum atomic E-state index is 14.0. The third-order valence-corrected chi connectivity index (χ3v) is 5.16. The molecule has 0 atom stereocenters. The molecule has 150 valence electrons. The minimum atomic E-state index is -0.696. The van der Waals surface area contributed by atoms with Crippen LogP contribution >= 0.6 is 11.6 Å². The number of fused-ring (bicyclic) bond motifs is 1. The van der Waals surface area contributed by atoms with Gasteiger partial charge in [-0.15, -0.1) is 0 Å². The number of nitrogens with zero attached hydrogens (tertiary/aromatic N) is 2. The number of anilines is 1. The number of carbonyl (C=O) groups is 1. The average molecular weight is 422 g/mol. The lowest BCUT2D eigenvalue weighted by Gasteiger charge is -2.14. The summed E-state index contributed by atoms with van der Waals surface area (Å²) >= 11 is 5.97. The smallest absolute Gasteiger partial charge is 0.265 e. The van der Waals surface area contributed by atoms with Crippen LogP contribution in [0.15, 0.2) is 65.5 Å². The molecular weight excluding hydrogens is 405 g/mol. The van der Waals surface area contributed by atoms with E-state index < -0.39 is 11.7 Å². The number of nitrogens with one attached hydrogen (secondary N) is 1. The van der Waals surface area contributed by atoms with Crippen molar-refractivity contribution in [2.45, 2.75) is 13.8 Å². The molecule has 5 nitrogen and oxygen atoms in total. The Morgan fingerprint density at radius 3 is 2.57 bits per heavy atom. The van der Waals surface area contributed by atoms with Crippen molar-refractivity contribution in [2.75, 3.05) is 5.32 Å². The van der Waals surface area contributed by atoms with Crippen molar-refractivity contribution in [3.05, 3.63) is 98.8 Å². The first kappa shape index (κ1) is 19.8. The molecule has 4 aromatic rings. The molecule has 0 aliphatic carbocycles. The second-order valence-electron chi connectivity index (χ2n) is 6.87. The summed E-state index contributed by atoms with van der Waals surface area (Å²) in [5.41, 5.74) is 2.06. The van der Waals surface area contributed by atoms with E-state index in [0.29, 0.717) is 33.7 Å². The molecule has 7 heteroatoms. The summed E-state index contributed by atoms with van der Waals surface area (Å²) in [6.07, 6.45) is 0. The molecule has 0 saturated carbocycles. The number of rotatable bonds is 3. The van der Waals surface area contributed by atoms with E-state index >= 15 is 0 Å². The van der Waals surface area contributed by atoms with Gasteiger partial charge in [0.1, 0.15) is 11.6 Å². The van der Waals surface area contributed by atoms with Crippen molar-refractivity contribution in [1.29, 1.82) is 0 Å². The Balaban J connectivity index is 1.72. The number of carbonyl (C=O) groups excluding carboxylic acids is 1. The van der Waals surface area contributed by atoms with Gasteiger partial charge in [-0.2, -0.15) is 0 Å². The minimum Gasteiger partial charge on any atom is -0.322 e. The van der Waals surface area contributed by atoms with Crippen LogP contribution in [0.1, 0.15) is 21.7 Å². The van der Waals surface area contributed by atoms with Crippen LogP contribution < -0.4 is 10.9 Å². The van der Waals surface area contributed by atoms with E-state index in [9.17, 15) is 14.0 Å². The fourth-order valence-electron chi connectivity index (χ4n) is 3.37. The number of halogens is 2. The van der Waals surface area contributed by atoms with Gasteiger partial charge in [0.15, 0.2) is 0 Å². The van der Waals surface area contributed by atoms with E-state index in [1.807, 2.05) is 6.07 Å². The van der Waals surface area contributed by atoms with Gasteiger partial charge < -0.3 is 5.32 Å². The van der Waals surface area contributed by atoms with Crippen LogP contribution in [0.5, 0.6) is 0 Å². The zero-order valence-corrected chi connectivity index (χ0v) is 17.0. The summed E-state index contributed by atoms with van der Waals surface area (Å²) in [6.45, 7) is 3.55. The topological polar surface area (TPSA) is 64.0 Å². The van der Waals surface area contributed by atoms with Gasteiger partial charge in [0, 0.05) is 5.69 Å². The Morgan fingerprint density at radius 1 is 1.07 bits per heavy atom. The molecule has 0 fully saturated rings. The first-order valence-corrected chi connectivity index (χ1v) is 9.59. The van der Waals surface area contributed by atoms with E-state index in [1.165, 1.54) is 22.8 Å². The zero-order chi connectivity index (χ0) is 21.4. The molecular formula is C23H17ClFN3O2. The van der Waals surface area contributed by atoms with Crippen molar-refractivity contribution in [3.63, 3.8) is 0 Å². The molecule has 0 bridgehead atoms. The molecule has 0 aliphatic heterocycles. The fourth-order valence-corrected chi connectivity index (χ4v) is 3.62. The lowest BCUT2D eigenvalue weighted by Crippen LogP contribution is -2.22. The van der Waals surface area contributed by atoms with Crippen molar-refractivity contribution in [1.82, 2.24) is 9.55 Å². The van der Waals surface area contributed by atoms with E-state index in [4.69, 9.17) is 11.6 Å². The van der Waals surface area contributed by atoms with Crippen molar-refractivity contribution >= 4 is 34.1 Å². The van der Waals surface area contributed by atoms with E-state index in [2.05, 4.69) is 10.3 Å². The molecule has 1 amide bonds. The Labute approximate surface area is 176 Å². The monoisotopic (exact) mass is 421 g/mol. The van der Waals surface area contributed by atoms with Crippen molar-refractivity contribution < 1.29 is 9.18 Å². The number of hydrogen-bond acceptors (Lipinski definition) is 3. The SMILES string of the molecule is Cc1cc(-n2c(C)nc3ccccc3c2=O)ccc1NC(=O)c1c(F)cccc1Cl. The molecule has 0 spiro atoms. The highest BCUT2D eigenvalue weighted by Gasteiger charge is 2.17. The van der Waals surface area contributed by atoms with Crippen LogP contribution in [0.2, 0.25) is 5.02 Å². The molecule has 3 aromatic carbocycles. The number of benzene rings is 3. The number of amides is 1. The molecule has 4 rings (SSSR count). The maximum Gasteiger partial charge on any atom is 0.265 e. The molecule has 30 heavy (non-hydrogen) atoms. The van der Waals surface area contributed by atoms with Gasteiger partial charge >= 0.3 is 0 Å². The Kier molecular flexibility index (Phi) is 5.10. The molecule has 1 heterocycles. The van der Waals surface area contributed by atoms with Gasteiger partial charge in [-0.25, -0.2) is 9.37 Å². The van der Waals surface area contributed by atoms with E-state index in [0.717, 1.165) is 0 Å². The summed E-state index contributed by atoms with van der Waals surface area (Å²) < 4.78 is 15.5. The van der Waals surface area contributed by atoms with E-state index in [1.54, 1.807) is 50.2 Å². The Bertz CT molecular complexity index is 1340. The molecule has 0 aliphatic rings. The summed E-state index contributed by atoms with van der Waals surface area (Å²) in [6, 6.07) is 16.4. The quantitative estimate of drug-likeness (QED) is 0.503. The molecule has 0 radical (unpaired) electrons. The predicted octanol–water partition coefficient (Wildman–Crippen LogP) is 5.05. The molecule has 1 N–H and O–H groups in total. The normalized spacial score (nSPS) is 10.9. The number of aromatic nitrogens is 2. The standard InChI is InChI=1S/C23H17ClFN3O2/c1-13-12-15(28-14(2)26-20-9-4-3-6-16(20)23(28)30)10-11-19(13)27-22(29)21-17(24)7-5-8-18(21)25/h3-12H,1-2H3,(H,27,29). The largest absolute Gasteiger partial charge is 0.322 e. The number of para-hydroxylation sites is 1. The summed E-state index contributed by atoms with van der Waals surface area (Å²) in [7, 11) is 0. The Morgan fingerprint density at radius 2 is 1.83 bits per heavy atom. The van der Waals surface area contributed by atoms with Crippen LogP contribution in [-0.2, 0) is 0 Å². The highest BCUT2D eigenvalue weighted by atomic mass is 35.5. The third kappa shape index (κ3) is 3.46. The van der Waals surface area contributed by atoms with Crippen LogP contribution in [0.3, 0.4) is 0 Å². The van der Waals surface area contributed by atoms with Gasteiger partial charge in [-0.3, -0.25) is 14.2 Å². The maximum absolute atomic E-state index is 14.0. The van der Waals surface area contributed by atoms with Crippen LogP contribution in [0.25, 0.3) is 16.6 Å². The fraction of sp³-hybridized carbons (Fsp3) is 0.0870. The van der Waals surface area contributed by atoms with Crippen LogP contribution in [0, 0.1) is 19.7 Å². The lowest BCUT2D eigenvalue weighted by atomic mass is 10.1. The number of aryl methyl sites for hydroxylation is 2. The van der Waals surface area contributed by atoms with Crippen LogP contribution in [-0.4, -0.2) is 15.5 Å². The first-order valence-electron chi connectivity index (χ1n) is 9.21. The van der Waals surface area contributed by atoms with Gasteiger partial charge in [0.05, 0.1) is 27.2 Å². The van der Waals surface area contributed by atoms with Gasteiger partial charge in [-0.05, 0) is 61.9 Å². The highest BCUT2D eigenvalue weighted by Crippen LogP contribution is 2.24. The predicted molar refractivity (Wildman–Crippen MR) is 116 cm³/mol. The Hall–Kier alpha value is -3.51. The van der Waals surface area contributed by atoms with Crippen molar-refractivity contribution in [2.24, 2.45) is 0 Å². The van der Waals surface area contributed by atoms with Crippen molar-refractivity contribution in [3.8, 4) is 5.69 Å². The lowest BCUT2D eigenvalue weighted by molar-refractivity contribution is 0.102. The third-order valence-electron chi connectivity index (χ3n) is 4.85. The summed E-state index contributed by atoms with van der Waals surface area (Å²) in [5.74, 6) is -0.790. The average Bonchev–Trinajstić information content (AvgIpc) is 2.70. The minimum absolute atomic E-state index is 0.0335.